The van der Waals surface area contributed by atoms with E-state index in [1.165, 1.54) is 30.3 Å². The third-order valence-corrected chi connectivity index (χ3v) is 3.37. The molecule has 0 aliphatic rings. The normalized spacial score (nSPS) is 11.3. The summed E-state index contributed by atoms with van der Waals surface area (Å²) in [4.78, 5) is -0.0743. The molecule has 19 heavy (non-hydrogen) atoms. The fourth-order valence-electron chi connectivity index (χ4n) is 1.55. The molecular weight excluding hydrogens is 269 g/mol. The van der Waals surface area contributed by atoms with Gasteiger partial charge in [-0.3, -0.25) is 0 Å². The number of primary sulfonamides is 1. The van der Waals surface area contributed by atoms with Crippen LogP contribution in [0.15, 0.2) is 47.4 Å². The number of hydrogen-bond acceptors (Lipinski definition) is 4. The van der Waals surface area contributed by atoms with Gasteiger partial charge in [-0.25, -0.2) is 17.9 Å². The Bertz CT molecular complexity index is 717. The van der Waals surface area contributed by atoms with Gasteiger partial charge in [0.05, 0.1) is 16.3 Å². The molecule has 0 saturated heterocycles. The molecule has 0 aliphatic carbocycles. The molecule has 5 nitrogen and oxygen atoms in total. The maximum Gasteiger partial charge on any atom is 0.238 e. The summed E-state index contributed by atoms with van der Waals surface area (Å²) in [5.74, 6) is -0.385. The van der Waals surface area contributed by atoms with E-state index in [0.717, 1.165) is 0 Å². The van der Waals surface area contributed by atoms with Gasteiger partial charge in [-0.2, -0.15) is 0 Å². The fourth-order valence-corrected chi connectivity index (χ4v) is 2.10. The van der Waals surface area contributed by atoms with Crippen LogP contribution in [-0.4, -0.2) is 8.42 Å². The van der Waals surface area contributed by atoms with Crippen LogP contribution in [0.5, 0.6) is 0 Å². The van der Waals surface area contributed by atoms with Crippen LogP contribution in [0.2, 0.25) is 0 Å². The van der Waals surface area contributed by atoms with Crippen molar-refractivity contribution in [1.82, 2.24) is 0 Å². The summed E-state index contributed by atoms with van der Waals surface area (Å²) in [5, 5.41) is 7.89. The van der Waals surface area contributed by atoms with Gasteiger partial charge in [0.15, 0.2) is 0 Å². The highest BCUT2D eigenvalue weighted by Crippen LogP contribution is 2.25. The minimum absolute atomic E-state index is 0.0743. The Kier molecular flexibility index (Phi) is 3.41. The van der Waals surface area contributed by atoms with E-state index in [1.54, 1.807) is 12.1 Å². The van der Waals surface area contributed by atoms with Crippen LogP contribution in [0.25, 0.3) is 0 Å². The van der Waals surface area contributed by atoms with E-state index in [1.807, 2.05) is 0 Å². The molecule has 7 heteroatoms. The molecule has 2 rings (SSSR count). The molecule has 0 heterocycles. The highest BCUT2D eigenvalue weighted by molar-refractivity contribution is 7.89. The molecule has 100 valence electrons. The zero-order chi connectivity index (χ0) is 14.0. The maximum atomic E-state index is 13.0. The monoisotopic (exact) mass is 281 g/mol. The van der Waals surface area contributed by atoms with E-state index in [2.05, 4.69) is 5.32 Å². The first-order valence-electron chi connectivity index (χ1n) is 5.31. The molecule has 2 aromatic rings. The first kappa shape index (κ1) is 13.3. The fraction of sp³-hybridized carbons (Fsp3) is 0. The molecule has 2 aromatic carbocycles. The molecule has 0 atom stereocenters. The molecule has 0 radical (unpaired) electrons. The number of hydrogen-bond donors (Lipinski definition) is 3. The van der Waals surface area contributed by atoms with E-state index in [0.29, 0.717) is 11.4 Å². The number of sulfonamides is 1. The second kappa shape index (κ2) is 4.87. The van der Waals surface area contributed by atoms with Crippen molar-refractivity contribution < 1.29 is 12.8 Å². The quantitative estimate of drug-likeness (QED) is 0.747. The number of benzene rings is 2. The Hall–Kier alpha value is -2.12. The number of halogens is 1. The minimum Gasteiger partial charge on any atom is -0.397 e. The van der Waals surface area contributed by atoms with Gasteiger partial charge in [-0.15, -0.1) is 0 Å². The Morgan fingerprint density at radius 2 is 1.84 bits per heavy atom. The molecule has 0 unspecified atom stereocenters. The number of nitrogens with one attached hydrogen (secondary N) is 1. The van der Waals surface area contributed by atoms with Crippen molar-refractivity contribution in [3.63, 3.8) is 0 Å². The Morgan fingerprint density at radius 1 is 1.11 bits per heavy atom. The summed E-state index contributed by atoms with van der Waals surface area (Å²) in [6.07, 6.45) is 0. The molecule has 5 N–H and O–H groups in total. The van der Waals surface area contributed by atoms with Crippen LogP contribution in [0.1, 0.15) is 0 Å². The van der Waals surface area contributed by atoms with Gasteiger partial charge in [-0.05, 0) is 36.4 Å². The van der Waals surface area contributed by atoms with Crippen LogP contribution in [0.3, 0.4) is 0 Å². The van der Waals surface area contributed by atoms with Crippen LogP contribution in [0, 0.1) is 5.82 Å². The largest absolute Gasteiger partial charge is 0.397 e. The van der Waals surface area contributed by atoms with Crippen LogP contribution in [0.4, 0.5) is 21.5 Å². The van der Waals surface area contributed by atoms with Gasteiger partial charge in [0, 0.05) is 5.69 Å². The second-order valence-corrected chi connectivity index (χ2v) is 5.49. The van der Waals surface area contributed by atoms with E-state index >= 15 is 0 Å². The van der Waals surface area contributed by atoms with Crippen molar-refractivity contribution in [2.24, 2.45) is 5.14 Å². The topological polar surface area (TPSA) is 98.2 Å². The lowest BCUT2D eigenvalue weighted by molar-refractivity contribution is 0.598. The summed E-state index contributed by atoms with van der Waals surface area (Å²) in [6.45, 7) is 0. The molecule has 0 fully saturated rings. The molecule has 0 aromatic heterocycles. The Morgan fingerprint density at radius 3 is 2.42 bits per heavy atom. The standard InChI is InChI=1S/C12H12FN3O2S/c13-8-2-1-3-9(6-8)16-12-5-4-10(7-11(12)14)19(15,17)18/h1-7,16H,14H2,(H2,15,17,18). The van der Waals surface area contributed by atoms with Crippen molar-refractivity contribution in [2.45, 2.75) is 4.90 Å². The molecule has 0 aliphatic heterocycles. The Balaban J connectivity index is 2.32. The summed E-state index contributed by atoms with van der Waals surface area (Å²) in [6, 6.07) is 9.87. The van der Waals surface area contributed by atoms with Crippen LogP contribution >= 0.6 is 0 Å². The maximum absolute atomic E-state index is 13.0. The zero-order valence-corrected chi connectivity index (χ0v) is 10.6. The average Bonchev–Trinajstić information content (AvgIpc) is 2.30. The van der Waals surface area contributed by atoms with E-state index in [4.69, 9.17) is 10.9 Å². The first-order chi connectivity index (χ1) is 8.86. The highest BCUT2D eigenvalue weighted by Gasteiger charge is 2.10. The molecule has 0 amide bonds. The summed E-state index contributed by atoms with van der Waals surface area (Å²) in [7, 11) is -3.79. The van der Waals surface area contributed by atoms with Gasteiger partial charge in [0.25, 0.3) is 0 Å². The zero-order valence-electron chi connectivity index (χ0n) is 9.80. The van der Waals surface area contributed by atoms with Crippen LogP contribution < -0.4 is 16.2 Å². The molecule has 0 bridgehead atoms. The van der Waals surface area contributed by atoms with Crippen LogP contribution in [-0.2, 0) is 10.0 Å². The van der Waals surface area contributed by atoms with Gasteiger partial charge < -0.3 is 11.1 Å². The minimum atomic E-state index is -3.79. The van der Waals surface area contributed by atoms with Gasteiger partial charge >= 0.3 is 0 Å². The predicted molar refractivity (Wildman–Crippen MR) is 71.9 cm³/mol. The third kappa shape index (κ3) is 3.21. The lowest BCUT2D eigenvalue weighted by atomic mass is 10.2. The number of nitrogens with two attached hydrogens (primary N) is 2. The third-order valence-electron chi connectivity index (χ3n) is 2.46. The van der Waals surface area contributed by atoms with Gasteiger partial charge in [0.1, 0.15) is 5.82 Å². The number of rotatable bonds is 3. The van der Waals surface area contributed by atoms with Crippen molar-refractivity contribution in [2.75, 3.05) is 11.1 Å². The van der Waals surface area contributed by atoms with Crippen molar-refractivity contribution in [3.05, 3.63) is 48.3 Å². The Labute approximate surface area is 110 Å². The first-order valence-corrected chi connectivity index (χ1v) is 6.86. The van der Waals surface area contributed by atoms with Gasteiger partial charge in [0.2, 0.25) is 10.0 Å². The molecular formula is C12H12FN3O2S. The second-order valence-electron chi connectivity index (χ2n) is 3.93. The van der Waals surface area contributed by atoms with Gasteiger partial charge in [-0.1, -0.05) is 6.07 Å². The number of nitrogen functional groups attached to an aromatic ring is 1. The summed E-state index contributed by atoms with van der Waals surface area (Å²) < 4.78 is 35.3. The highest BCUT2D eigenvalue weighted by atomic mass is 32.2. The van der Waals surface area contributed by atoms with Crippen molar-refractivity contribution in [3.8, 4) is 0 Å². The predicted octanol–water partition coefficient (Wildman–Crippen LogP) is 1.80. The lowest BCUT2D eigenvalue weighted by Gasteiger charge is -2.10. The SMILES string of the molecule is Nc1cc(S(N)(=O)=O)ccc1Nc1cccc(F)c1. The lowest BCUT2D eigenvalue weighted by Crippen LogP contribution is -2.12. The molecule has 0 saturated carbocycles. The van der Waals surface area contributed by atoms with E-state index in [9.17, 15) is 12.8 Å². The molecule has 0 spiro atoms. The van der Waals surface area contributed by atoms with Crippen molar-refractivity contribution in [1.29, 1.82) is 0 Å². The van der Waals surface area contributed by atoms with E-state index < -0.39 is 10.0 Å². The smallest absolute Gasteiger partial charge is 0.238 e. The van der Waals surface area contributed by atoms with E-state index in [-0.39, 0.29) is 16.4 Å². The number of anilines is 3. The average molecular weight is 281 g/mol. The summed E-state index contributed by atoms with van der Waals surface area (Å²) >= 11 is 0. The summed E-state index contributed by atoms with van der Waals surface area (Å²) in [5.41, 5.74) is 6.91. The van der Waals surface area contributed by atoms with Crippen molar-refractivity contribution >= 4 is 27.1 Å².